The second-order valence-electron chi connectivity index (χ2n) is 21.0. The molecule has 69 heavy (non-hydrogen) atoms. The van der Waals surface area contributed by atoms with Crippen LogP contribution in [0.15, 0.2) is 194 Å². The number of nitrogens with zero attached hydrogens (tertiary/aromatic N) is 5. The van der Waals surface area contributed by atoms with Gasteiger partial charge in [0, 0.05) is 58.4 Å². The summed E-state index contributed by atoms with van der Waals surface area (Å²) in [5.74, 6) is 2.99. The van der Waals surface area contributed by atoms with Crippen molar-refractivity contribution in [2.24, 2.45) is 11.8 Å². The quantitative estimate of drug-likeness (QED) is 0.135. The molecule has 5 heteroatoms. The lowest BCUT2D eigenvalue weighted by Crippen LogP contribution is -2.51. The maximum Gasteiger partial charge on any atom is 0.163 e. The van der Waals surface area contributed by atoms with Crippen molar-refractivity contribution >= 4 is 16.9 Å². The van der Waals surface area contributed by atoms with Crippen molar-refractivity contribution in [3.63, 3.8) is 0 Å². The van der Waals surface area contributed by atoms with Crippen LogP contribution in [0.3, 0.4) is 0 Å². The molecule has 6 atom stereocenters. The van der Waals surface area contributed by atoms with Crippen LogP contribution in [0.4, 0.5) is 11.4 Å². The summed E-state index contributed by atoms with van der Waals surface area (Å²) in [6.07, 6.45) is 26.7. The summed E-state index contributed by atoms with van der Waals surface area (Å²) >= 11 is 0. The Morgan fingerprint density at radius 1 is 0.638 bits per heavy atom. The molecule has 346 valence electrons. The average Bonchev–Trinajstić information content (AvgIpc) is 3.39. The predicted octanol–water partition coefficient (Wildman–Crippen LogP) is 15.3. The standard InChI is InChI=1S/C64H65N5/c1-7-25-52-43(2)69(58-41-22-19-38-55(58)63(52,3)4)59-48(45-28-13-9-14-29-45)33-24-35-50(59)62-66-60(46-30-15-10-16-31-46)65-61(67-62)49-34-23-32-47(44-26-11-8-12-27-44)51(49)42-68-56-39-20-17-36-53(56)64(5,6)54-37-18-21-40-57(54)68/h7-23,25-30,32,34,36-41,43,46,50,52-53,56H,24,31,33,35,42H2,1-6H3/b25-7-. The number of anilines is 2. The average molecular weight is 904 g/mol. The molecule has 0 radical (unpaired) electrons. The van der Waals surface area contributed by atoms with Crippen molar-refractivity contribution in [3.05, 3.63) is 228 Å². The zero-order valence-electron chi connectivity index (χ0n) is 41.1. The number of hydrogen-bond donors (Lipinski definition) is 0. The van der Waals surface area contributed by atoms with Crippen LogP contribution in [0.25, 0.3) is 28.1 Å². The fraction of sp³-hybridized carbons (Fsp3) is 0.297. The number of allylic oxidation sites excluding steroid dienone is 9. The number of aromatic nitrogens is 3. The van der Waals surface area contributed by atoms with Crippen molar-refractivity contribution in [1.29, 1.82) is 0 Å². The van der Waals surface area contributed by atoms with E-state index in [2.05, 4.69) is 239 Å². The largest absolute Gasteiger partial charge is 0.360 e. The van der Waals surface area contributed by atoms with E-state index in [4.69, 9.17) is 15.0 Å². The van der Waals surface area contributed by atoms with Gasteiger partial charge < -0.3 is 9.80 Å². The summed E-state index contributed by atoms with van der Waals surface area (Å²) in [4.78, 5) is 22.4. The van der Waals surface area contributed by atoms with E-state index in [-0.39, 0.29) is 40.7 Å². The second kappa shape index (κ2) is 18.2. The van der Waals surface area contributed by atoms with Gasteiger partial charge in [0.05, 0.1) is 12.0 Å². The van der Waals surface area contributed by atoms with E-state index in [9.17, 15) is 0 Å². The van der Waals surface area contributed by atoms with Crippen LogP contribution in [0, 0.1) is 11.8 Å². The van der Waals surface area contributed by atoms with Gasteiger partial charge in [-0.25, -0.2) is 15.0 Å². The first-order valence-corrected chi connectivity index (χ1v) is 25.4. The van der Waals surface area contributed by atoms with E-state index in [1.54, 1.807) is 0 Å². The minimum Gasteiger partial charge on any atom is -0.360 e. The Labute approximate surface area is 410 Å². The molecule has 3 heterocycles. The molecule has 0 N–H and O–H groups in total. The van der Waals surface area contributed by atoms with Gasteiger partial charge in [-0.3, -0.25) is 0 Å². The lowest BCUT2D eigenvalue weighted by Gasteiger charge is -2.52. The molecule has 6 aromatic rings. The van der Waals surface area contributed by atoms with Crippen LogP contribution in [0.2, 0.25) is 0 Å². The zero-order valence-corrected chi connectivity index (χ0v) is 41.1. The fourth-order valence-electron chi connectivity index (χ4n) is 12.8. The van der Waals surface area contributed by atoms with Crippen LogP contribution in [-0.4, -0.2) is 27.0 Å². The third-order valence-corrected chi connectivity index (χ3v) is 16.3. The van der Waals surface area contributed by atoms with Crippen LogP contribution in [0.5, 0.6) is 0 Å². The highest BCUT2D eigenvalue weighted by molar-refractivity contribution is 5.80. The van der Waals surface area contributed by atoms with Crippen LogP contribution < -0.4 is 9.80 Å². The first-order chi connectivity index (χ1) is 33.6. The molecule has 5 aliphatic rings. The number of hydrogen-bond acceptors (Lipinski definition) is 5. The summed E-state index contributed by atoms with van der Waals surface area (Å²) in [7, 11) is 0. The van der Waals surface area contributed by atoms with Gasteiger partial charge in [-0.1, -0.05) is 204 Å². The van der Waals surface area contributed by atoms with Crippen LogP contribution in [-0.2, 0) is 17.4 Å². The second-order valence-corrected chi connectivity index (χ2v) is 21.0. The van der Waals surface area contributed by atoms with Crippen molar-refractivity contribution in [2.45, 2.75) is 109 Å². The molecular weight excluding hydrogens is 839 g/mol. The summed E-state index contributed by atoms with van der Waals surface area (Å²) in [6.45, 7) is 15.0. The Bertz CT molecular complexity index is 3060. The fourth-order valence-corrected chi connectivity index (χ4v) is 12.8. The minimum atomic E-state index is -0.0718. The normalized spacial score (nSPS) is 24.3. The summed E-state index contributed by atoms with van der Waals surface area (Å²) < 4.78 is 0. The highest BCUT2D eigenvalue weighted by Gasteiger charge is 2.47. The van der Waals surface area contributed by atoms with Gasteiger partial charge in [-0.15, -0.1) is 0 Å². The van der Waals surface area contributed by atoms with Crippen molar-refractivity contribution < 1.29 is 0 Å². The molecule has 11 rings (SSSR count). The van der Waals surface area contributed by atoms with Gasteiger partial charge >= 0.3 is 0 Å². The molecule has 1 aromatic heterocycles. The number of para-hydroxylation sites is 2. The third-order valence-electron chi connectivity index (χ3n) is 16.3. The van der Waals surface area contributed by atoms with Crippen LogP contribution in [0.1, 0.15) is 113 Å². The van der Waals surface area contributed by atoms with Gasteiger partial charge in [0.1, 0.15) is 11.6 Å². The summed E-state index contributed by atoms with van der Waals surface area (Å²) in [6, 6.07) is 47.4. The molecule has 5 aromatic carbocycles. The van der Waals surface area contributed by atoms with Gasteiger partial charge in [0.25, 0.3) is 0 Å². The van der Waals surface area contributed by atoms with Gasteiger partial charge in [0.2, 0.25) is 0 Å². The Kier molecular flexibility index (Phi) is 11.8. The molecule has 0 bridgehead atoms. The topological polar surface area (TPSA) is 45.2 Å². The maximum absolute atomic E-state index is 5.81. The lowest BCUT2D eigenvalue weighted by atomic mass is 9.65. The van der Waals surface area contributed by atoms with Gasteiger partial charge in [0.15, 0.2) is 5.82 Å². The van der Waals surface area contributed by atoms with Crippen LogP contribution >= 0.6 is 0 Å². The van der Waals surface area contributed by atoms with E-state index in [0.717, 1.165) is 48.7 Å². The van der Waals surface area contributed by atoms with E-state index in [1.165, 1.54) is 56.0 Å². The first kappa shape index (κ1) is 44.6. The van der Waals surface area contributed by atoms with E-state index < -0.39 is 0 Å². The lowest BCUT2D eigenvalue weighted by molar-refractivity contribution is 0.308. The number of benzene rings is 5. The monoisotopic (exact) mass is 904 g/mol. The molecule has 0 saturated heterocycles. The molecule has 2 aliphatic heterocycles. The van der Waals surface area contributed by atoms with Crippen molar-refractivity contribution in [1.82, 2.24) is 15.0 Å². The molecule has 6 unspecified atom stereocenters. The third kappa shape index (κ3) is 7.84. The Morgan fingerprint density at radius 2 is 1.29 bits per heavy atom. The molecule has 0 fully saturated rings. The van der Waals surface area contributed by atoms with Crippen molar-refractivity contribution in [2.75, 3.05) is 9.80 Å². The van der Waals surface area contributed by atoms with Crippen molar-refractivity contribution in [3.8, 4) is 22.5 Å². The molecular formula is C64H65N5. The Balaban J connectivity index is 1.14. The van der Waals surface area contributed by atoms with E-state index >= 15 is 0 Å². The van der Waals surface area contributed by atoms with E-state index in [1.807, 2.05) is 0 Å². The van der Waals surface area contributed by atoms with E-state index in [0.29, 0.717) is 12.5 Å². The number of rotatable bonds is 9. The SMILES string of the molecule is C/C=C\C1C(C)N(C2=C(c3ccccc3)CCCC2c2nc(-c3cccc(-c4ccccc4)c3CN3c4ccccc4C(C)(C)C4C=CC=CC43)nc(C3C=CC=CC3)n2)c2ccccc2C1(C)C. The molecule has 5 nitrogen and oxygen atoms in total. The molecule has 0 saturated carbocycles. The molecule has 3 aliphatic carbocycles. The highest BCUT2D eigenvalue weighted by atomic mass is 15.2. The minimum absolute atomic E-state index is 0.0338. The Hall–Kier alpha value is -6.85. The molecule has 0 amide bonds. The first-order valence-electron chi connectivity index (χ1n) is 25.4. The maximum atomic E-state index is 5.81. The number of fused-ring (bicyclic) bond motifs is 3. The predicted molar refractivity (Wildman–Crippen MR) is 287 cm³/mol. The van der Waals surface area contributed by atoms with Gasteiger partial charge in [-0.2, -0.15) is 0 Å². The molecule has 0 spiro atoms. The zero-order chi connectivity index (χ0) is 47.3. The Morgan fingerprint density at radius 3 is 2.03 bits per heavy atom. The smallest absolute Gasteiger partial charge is 0.163 e. The highest BCUT2D eigenvalue weighted by Crippen LogP contribution is 2.54. The summed E-state index contributed by atoms with van der Waals surface area (Å²) in [5, 5.41) is 0. The summed E-state index contributed by atoms with van der Waals surface area (Å²) in [5.41, 5.74) is 13.9. The van der Waals surface area contributed by atoms with Gasteiger partial charge in [-0.05, 0) is 96.0 Å².